The summed E-state index contributed by atoms with van der Waals surface area (Å²) in [6.45, 7) is 9.98. The predicted molar refractivity (Wildman–Crippen MR) is 120 cm³/mol. The molecule has 0 aliphatic carbocycles. The standard InChI is InChI=1S/C17H30N6O2S.HI/c1-13-14(2)26-15(21-13)11-19-17(20-12-16(24)22(3)4)18-5-6-23-7-9-25-10-8-23;/h5-12H2,1-4H3,(H2,18,19,20);1H. The first-order chi connectivity index (χ1) is 12.5. The van der Waals surface area contributed by atoms with Gasteiger partial charge < -0.3 is 20.3 Å². The third kappa shape index (κ3) is 8.71. The minimum atomic E-state index is -0.0276. The monoisotopic (exact) mass is 510 g/mol. The Labute approximate surface area is 182 Å². The van der Waals surface area contributed by atoms with Crippen molar-refractivity contribution in [3.05, 3.63) is 15.6 Å². The molecular weight excluding hydrogens is 479 g/mol. The van der Waals surface area contributed by atoms with Gasteiger partial charge in [0.1, 0.15) is 11.6 Å². The number of aliphatic imine (C=N–C) groups is 1. The van der Waals surface area contributed by atoms with Gasteiger partial charge in [-0.3, -0.25) is 9.69 Å². The van der Waals surface area contributed by atoms with Crippen LogP contribution in [0.4, 0.5) is 0 Å². The average Bonchev–Trinajstić information content (AvgIpc) is 2.95. The van der Waals surface area contributed by atoms with Crippen LogP contribution in [0.2, 0.25) is 0 Å². The highest BCUT2D eigenvalue weighted by Crippen LogP contribution is 2.15. The summed E-state index contributed by atoms with van der Waals surface area (Å²) < 4.78 is 5.37. The van der Waals surface area contributed by atoms with E-state index in [0.29, 0.717) is 12.5 Å². The van der Waals surface area contributed by atoms with E-state index in [1.54, 1.807) is 30.3 Å². The van der Waals surface area contributed by atoms with Crippen molar-refractivity contribution in [1.82, 2.24) is 25.4 Å². The zero-order valence-corrected chi connectivity index (χ0v) is 19.7. The van der Waals surface area contributed by atoms with E-state index in [4.69, 9.17) is 4.74 Å². The fourth-order valence-corrected chi connectivity index (χ4v) is 3.27. The van der Waals surface area contributed by atoms with Crippen LogP contribution in [0, 0.1) is 13.8 Å². The molecule has 0 spiro atoms. The maximum absolute atomic E-state index is 11.8. The number of morpholine rings is 1. The number of nitrogens with zero attached hydrogens (tertiary/aromatic N) is 4. The maximum Gasteiger partial charge on any atom is 0.243 e. The molecule has 8 nitrogen and oxygen atoms in total. The molecule has 10 heteroatoms. The van der Waals surface area contributed by atoms with Gasteiger partial charge in [0.15, 0.2) is 5.96 Å². The van der Waals surface area contributed by atoms with Crippen molar-refractivity contribution in [2.75, 3.05) is 60.0 Å². The lowest BCUT2D eigenvalue weighted by molar-refractivity contribution is -0.127. The van der Waals surface area contributed by atoms with Crippen molar-refractivity contribution < 1.29 is 9.53 Å². The molecule has 1 aliphatic heterocycles. The Hall–Kier alpha value is -0.980. The summed E-state index contributed by atoms with van der Waals surface area (Å²) in [4.78, 5) is 25.9. The molecule has 0 atom stereocenters. The Kier molecular flexibility index (Phi) is 11.1. The summed E-state index contributed by atoms with van der Waals surface area (Å²) in [6, 6.07) is 0. The second-order valence-corrected chi connectivity index (χ2v) is 7.72. The van der Waals surface area contributed by atoms with Crippen LogP contribution in [-0.2, 0) is 16.1 Å². The zero-order chi connectivity index (χ0) is 18.9. The molecule has 1 aliphatic rings. The highest BCUT2D eigenvalue weighted by molar-refractivity contribution is 14.0. The molecule has 1 aromatic rings. The molecule has 154 valence electrons. The highest BCUT2D eigenvalue weighted by Gasteiger charge is 2.11. The molecule has 2 rings (SSSR count). The maximum atomic E-state index is 11.8. The molecular formula is C17H31IN6O2S. The fraction of sp³-hybridized carbons (Fsp3) is 0.706. The Morgan fingerprint density at radius 1 is 1.30 bits per heavy atom. The SMILES string of the molecule is Cc1nc(CNC(=NCC(=O)N(C)C)NCCN2CCOCC2)sc1C.I. The van der Waals surface area contributed by atoms with Crippen molar-refractivity contribution in [1.29, 1.82) is 0 Å². The molecule has 2 heterocycles. The Bertz CT molecular complexity index is 597. The van der Waals surface area contributed by atoms with Crippen LogP contribution in [0.15, 0.2) is 4.99 Å². The predicted octanol–water partition coefficient (Wildman–Crippen LogP) is 0.834. The van der Waals surface area contributed by atoms with E-state index in [-0.39, 0.29) is 36.4 Å². The van der Waals surface area contributed by atoms with Crippen molar-refractivity contribution in [2.24, 2.45) is 4.99 Å². The second kappa shape index (κ2) is 12.5. The van der Waals surface area contributed by atoms with Gasteiger partial charge in [0.25, 0.3) is 0 Å². The Morgan fingerprint density at radius 2 is 2.00 bits per heavy atom. The van der Waals surface area contributed by atoms with E-state index < -0.39 is 0 Å². The summed E-state index contributed by atoms with van der Waals surface area (Å²) >= 11 is 1.68. The van der Waals surface area contributed by atoms with E-state index in [1.165, 1.54) is 4.88 Å². The Morgan fingerprint density at radius 3 is 2.59 bits per heavy atom. The van der Waals surface area contributed by atoms with Crippen LogP contribution >= 0.6 is 35.3 Å². The van der Waals surface area contributed by atoms with Gasteiger partial charge in [0.05, 0.1) is 25.5 Å². The van der Waals surface area contributed by atoms with Gasteiger partial charge in [-0.1, -0.05) is 0 Å². The number of aromatic nitrogens is 1. The van der Waals surface area contributed by atoms with Gasteiger partial charge >= 0.3 is 0 Å². The van der Waals surface area contributed by atoms with Crippen LogP contribution in [0.1, 0.15) is 15.6 Å². The summed E-state index contributed by atoms with van der Waals surface area (Å²) in [7, 11) is 3.47. The third-order valence-electron chi connectivity index (χ3n) is 4.18. The molecule has 2 N–H and O–H groups in total. The second-order valence-electron chi connectivity index (χ2n) is 6.44. The highest BCUT2D eigenvalue weighted by atomic mass is 127. The molecule has 1 aromatic heterocycles. The largest absolute Gasteiger partial charge is 0.379 e. The van der Waals surface area contributed by atoms with Crippen LogP contribution in [0.25, 0.3) is 0 Å². The molecule has 0 aromatic carbocycles. The van der Waals surface area contributed by atoms with Crippen LogP contribution in [-0.4, -0.2) is 86.7 Å². The van der Waals surface area contributed by atoms with E-state index in [9.17, 15) is 4.79 Å². The number of rotatable bonds is 7. The molecule has 0 saturated carbocycles. The molecule has 1 amide bonds. The quantitative estimate of drug-likeness (QED) is 0.322. The molecule has 0 bridgehead atoms. The van der Waals surface area contributed by atoms with E-state index >= 15 is 0 Å². The number of carbonyl (C=O) groups excluding carboxylic acids is 1. The lowest BCUT2D eigenvalue weighted by Crippen LogP contribution is -2.44. The average molecular weight is 510 g/mol. The number of aryl methyl sites for hydroxylation is 2. The molecule has 0 radical (unpaired) electrons. The molecule has 1 saturated heterocycles. The van der Waals surface area contributed by atoms with Gasteiger partial charge in [0.2, 0.25) is 5.91 Å². The van der Waals surface area contributed by atoms with Crippen LogP contribution < -0.4 is 10.6 Å². The number of hydrogen-bond donors (Lipinski definition) is 2. The number of thiazole rings is 1. The minimum absolute atomic E-state index is 0. The topological polar surface area (TPSA) is 82.1 Å². The van der Waals surface area contributed by atoms with Crippen molar-refractivity contribution in [3.63, 3.8) is 0 Å². The zero-order valence-electron chi connectivity index (χ0n) is 16.6. The lowest BCUT2D eigenvalue weighted by atomic mass is 10.4. The Balaban J connectivity index is 0.00000364. The fourth-order valence-electron chi connectivity index (χ4n) is 2.39. The molecule has 1 fully saturated rings. The number of halogens is 1. The van der Waals surface area contributed by atoms with Gasteiger partial charge in [-0.05, 0) is 13.8 Å². The van der Waals surface area contributed by atoms with Crippen molar-refractivity contribution in [2.45, 2.75) is 20.4 Å². The van der Waals surface area contributed by atoms with E-state index in [2.05, 4.69) is 32.4 Å². The number of amides is 1. The van der Waals surface area contributed by atoms with E-state index in [0.717, 1.165) is 50.1 Å². The van der Waals surface area contributed by atoms with E-state index in [1.807, 2.05) is 6.92 Å². The van der Waals surface area contributed by atoms with Gasteiger partial charge in [-0.15, -0.1) is 35.3 Å². The number of nitrogens with one attached hydrogen (secondary N) is 2. The number of hydrogen-bond acceptors (Lipinski definition) is 6. The van der Waals surface area contributed by atoms with Crippen LogP contribution in [0.5, 0.6) is 0 Å². The summed E-state index contributed by atoms with van der Waals surface area (Å²) in [5, 5.41) is 7.61. The number of ether oxygens (including phenoxy) is 1. The molecule has 0 unspecified atom stereocenters. The lowest BCUT2D eigenvalue weighted by Gasteiger charge is -2.26. The first-order valence-electron chi connectivity index (χ1n) is 8.91. The first-order valence-corrected chi connectivity index (χ1v) is 9.72. The van der Waals surface area contributed by atoms with Gasteiger partial charge in [-0.2, -0.15) is 0 Å². The van der Waals surface area contributed by atoms with Crippen molar-refractivity contribution in [3.8, 4) is 0 Å². The smallest absolute Gasteiger partial charge is 0.243 e. The van der Waals surface area contributed by atoms with Crippen molar-refractivity contribution >= 4 is 47.2 Å². The summed E-state index contributed by atoms with van der Waals surface area (Å²) in [5.74, 6) is 0.610. The normalized spacial score (nSPS) is 15.2. The number of carbonyl (C=O) groups is 1. The number of guanidine groups is 1. The number of likely N-dealkylation sites (N-methyl/N-ethyl adjacent to an activating group) is 1. The third-order valence-corrected chi connectivity index (χ3v) is 5.25. The molecule has 27 heavy (non-hydrogen) atoms. The van der Waals surface area contributed by atoms with Crippen LogP contribution in [0.3, 0.4) is 0 Å². The summed E-state index contributed by atoms with van der Waals surface area (Å²) in [6.07, 6.45) is 0. The minimum Gasteiger partial charge on any atom is -0.379 e. The van der Waals surface area contributed by atoms with Gasteiger partial charge in [0, 0.05) is 45.2 Å². The first kappa shape index (κ1) is 24.1. The van der Waals surface area contributed by atoms with Gasteiger partial charge in [-0.25, -0.2) is 9.98 Å². The summed E-state index contributed by atoms with van der Waals surface area (Å²) in [5.41, 5.74) is 1.06.